The van der Waals surface area contributed by atoms with Crippen LogP contribution in [0.4, 0.5) is 0 Å². The zero-order chi connectivity index (χ0) is 19.9. The molecule has 0 N–H and O–H groups in total. The molecule has 0 unspecified atom stereocenters. The molecule has 0 amide bonds. The first-order chi connectivity index (χ1) is 12.8. The SMILES string of the molecule is C=COc1ccc(C(C)(C)COCC(C)(C)c2ccc(OC=C)cc2)cc1. The average molecular weight is 367 g/mol. The first-order valence-electron chi connectivity index (χ1n) is 9.12. The van der Waals surface area contributed by atoms with Gasteiger partial charge >= 0.3 is 0 Å². The second-order valence-electron chi connectivity index (χ2n) is 7.88. The van der Waals surface area contributed by atoms with Crippen LogP contribution >= 0.6 is 0 Å². The van der Waals surface area contributed by atoms with Gasteiger partial charge in [-0.25, -0.2) is 0 Å². The minimum absolute atomic E-state index is 0.0928. The average Bonchev–Trinajstić information content (AvgIpc) is 2.63. The Labute approximate surface area is 163 Å². The van der Waals surface area contributed by atoms with Crippen LogP contribution in [0.25, 0.3) is 0 Å². The third-order valence-electron chi connectivity index (χ3n) is 4.64. The zero-order valence-electron chi connectivity index (χ0n) is 16.8. The van der Waals surface area contributed by atoms with E-state index < -0.39 is 0 Å². The van der Waals surface area contributed by atoms with Crippen molar-refractivity contribution in [1.82, 2.24) is 0 Å². The molecule has 0 aliphatic carbocycles. The lowest BCUT2D eigenvalue weighted by molar-refractivity contribution is 0.0633. The Balaban J connectivity index is 1.96. The summed E-state index contributed by atoms with van der Waals surface area (Å²) in [5, 5.41) is 0. The van der Waals surface area contributed by atoms with Gasteiger partial charge in [-0.2, -0.15) is 0 Å². The molecular weight excluding hydrogens is 336 g/mol. The molecule has 0 saturated carbocycles. The smallest absolute Gasteiger partial charge is 0.126 e. The standard InChI is InChI=1S/C24H30O3/c1-7-26-21-13-9-19(10-14-21)23(3,4)17-25-18-24(5,6)20-11-15-22(16-12-20)27-8-2/h7-16H,1-2,17-18H2,3-6H3. The Morgan fingerprint density at radius 3 is 1.30 bits per heavy atom. The van der Waals surface area contributed by atoms with Crippen molar-refractivity contribution in [3.05, 3.63) is 85.3 Å². The van der Waals surface area contributed by atoms with Crippen molar-refractivity contribution in [2.45, 2.75) is 38.5 Å². The van der Waals surface area contributed by atoms with Crippen LogP contribution in [0.2, 0.25) is 0 Å². The van der Waals surface area contributed by atoms with Crippen LogP contribution in [0.1, 0.15) is 38.8 Å². The molecule has 3 nitrogen and oxygen atoms in total. The normalized spacial score (nSPS) is 11.7. The monoisotopic (exact) mass is 366 g/mol. The van der Waals surface area contributed by atoms with Crippen molar-refractivity contribution in [2.24, 2.45) is 0 Å². The van der Waals surface area contributed by atoms with Crippen LogP contribution in [0, 0.1) is 0 Å². The molecule has 0 saturated heterocycles. The number of hydrogen-bond donors (Lipinski definition) is 0. The van der Waals surface area contributed by atoms with Gasteiger partial charge in [0.25, 0.3) is 0 Å². The van der Waals surface area contributed by atoms with E-state index in [-0.39, 0.29) is 10.8 Å². The summed E-state index contributed by atoms with van der Waals surface area (Å²) in [6.45, 7) is 17.2. The van der Waals surface area contributed by atoms with E-state index in [1.807, 2.05) is 24.3 Å². The molecule has 2 aromatic rings. The maximum Gasteiger partial charge on any atom is 0.126 e. The summed E-state index contributed by atoms with van der Waals surface area (Å²) in [5.74, 6) is 1.57. The summed E-state index contributed by atoms with van der Waals surface area (Å²) in [6, 6.07) is 16.1. The number of hydrogen-bond acceptors (Lipinski definition) is 3. The van der Waals surface area contributed by atoms with Crippen LogP contribution < -0.4 is 9.47 Å². The van der Waals surface area contributed by atoms with Crippen LogP contribution in [0.3, 0.4) is 0 Å². The highest BCUT2D eigenvalue weighted by molar-refractivity contribution is 5.33. The summed E-state index contributed by atoms with van der Waals surface area (Å²) >= 11 is 0. The second kappa shape index (κ2) is 8.92. The predicted octanol–water partition coefficient (Wildman–Crippen LogP) is 6.00. The fraction of sp³-hybridized carbons (Fsp3) is 0.333. The molecule has 0 atom stereocenters. The zero-order valence-corrected chi connectivity index (χ0v) is 16.8. The van der Waals surface area contributed by atoms with Crippen LogP contribution in [0.5, 0.6) is 11.5 Å². The van der Waals surface area contributed by atoms with E-state index in [2.05, 4.69) is 65.1 Å². The topological polar surface area (TPSA) is 27.7 Å². The first kappa shape index (κ1) is 20.8. The van der Waals surface area contributed by atoms with Crippen molar-refractivity contribution in [2.75, 3.05) is 13.2 Å². The molecule has 27 heavy (non-hydrogen) atoms. The maximum atomic E-state index is 6.13. The summed E-state index contributed by atoms with van der Waals surface area (Å²) in [4.78, 5) is 0. The quantitative estimate of drug-likeness (QED) is 0.482. The predicted molar refractivity (Wildman–Crippen MR) is 111 cm³/mol. The Kier molecular flexibility index (Phi) is 6.86. The van der Waals surface area contributed by atoms with Gasteiger partial charge in [0.15, 0.2) is 0 Å². The van der Waals surface area contributed by atoms with E-state index >= 15 is 0 Å². The highest BCUT2D eigenvalue weighted by Gasteiger charge is 2.25. The van der Waals surface area contributed by atoms with E-state index in [1.54, 1.807) is 0 Å². The Hall–Kier alpha value is -2.52. The summed E-state index contributed by atoms with van der Waals surface area (Å²) in [5.41, 5.74) is 2.24. The molecule has 0 aliphatic heterocycles. The highest BCUT2D eigenvalue weighted by Crippen LogP contribution is 2.29. The van der Waals surface area contributed by atoms with Gasteiger partial charge in [-0.1, -0.05) is 65.1 Å². The largest absolute Gasteiger partial charge is 0.466 e. The Morgan fingerprint density at radius 2 is 1.00 bits per heavy atom. The molecular formula is C24H30O3. The maximum absolute atomic E-state index is 6.13. The van der Waals surface area contributed by atoms with Gasteiger partial charge in [0, 0.05) is 10.8 Å². The fourth-order valence-electron chi connectivity index (χ4n) is 2.89. The molecule has 144 valence electrons. The number of rotatable bonds is 10. The molecule has 2 rings (SSSR count). The van der Waals surface area contributed by atoms with Crippen molar-refractivity contribution in [3.8, 4) is 11.5 Å². The molecule has 0 aliphatic rings. The molecule has 0 aromatic heterocycles. The van der Waals surface area contributed by atoms with Gasteiger partial charge in [0.2, 0.25) is 0 Å². The lowest BCUT2D eigenvalue weighted by Crippen LogP contribution is -2.30. The minimum Gasteiger partial charge on any atom is -0.466 e. The van der Waals surface area contributed by atoms with E-state index in [4.69, 9.17) is 14.2 Å². The molecule has 0 heterocycles. The third kappa shape index (κ3) is 5.73. The van der Waals surface area contributed by atoms with E-state index in [1.165, 1.54) is 23.7 Å². The van der Waals surface area contributed by atoms with Crippen LogP contribution in [-0.2, 0) is 15.6 Å². The van der Waals surface area contributed by atoms with Crippen molar-refractivity contribution in [1.29, 1.82) is 0 Å². The van der Waals surface area contributed by atoms with Crippen LogP contribution in [0.15, 0.2) is 74.2 Å². The molecule has 2 aromatic carbocycles. The van der Waals surface area contributed by atoms with E-state index in [0.29, 0.717) is 13.2 Å². The van der Waals surface area contributed by atoms with Gasteiger partial charge in [0.05, 0.1) is 25.7 Å². The number of benzene rings is 2. The van der Waals surface area contributed by atoms with Gasteiger partial charge in [0.1, 0.15) is 11.5 Å². The number of ether oxygens (including phenoxy) is 3. The highest BCUT2D eigenvalue weighted by atomic mass is 16.5. The van der Waals surface area contributed by atoms with Crippen LogP contribution in [-0.4, -0.2) is 13.2 Å². The molecule has 0 fully saturated rings. The lowest BCUT2D eigenvalue weighted by atomic mass is 9.84. The van der Waals surface area contributed by atoms with Gasteiger partial charge in [-0.05, 0) is 35.4 Å². The fourth-order valence-corrected chi connectivity index (χ4v) is 2.89. The molecule has 0 radical (unpaired) electrons. The lowest BCUT2D eigenvalue weighted by Gasteiger charge is -2.30. The molecule has 0 bridgehead atoms. The van der Waals surface area contributed by atoms with Crippen molar-refractivity contribution >= 4 is 0 Å². The molecule has 0 spiro atoms. The Bertz CT molecular complexity index is 675. The molecule has 3 heteroatoms. The first-order valence-corrected chi connectivity index (χ1v) is 9.12. The van der Waals surface area contributed by atoms with Gasteiger partial charge in [-0.15, -0.1) is 0 Å². The second-order valence-corrected chi connectivity index (χ2v) is 7.88. The van der Waals surface area contributed by atoms with Crippen molar-refractivity contribution < 1.29 is 14.2 Å². The van der Waals surface area contributed by atoms with E-state index in [9.17, 15) is 0 Å². The Morgan fingerprint density at radius 1 is 0.667 bits per heavy atom. The third-order valence-corrected chi connectivity index (χ3v) is 4.64. The summed E-state index contributed by atoms with van der Waals surface area (Å²) < 4.78 is 16.7. The van der Waals surface area contributed by atoms with Crippen molar-refractivity contribution in [3.63, 3.8) is 0 Å². The summed E-state index contributed by atoms with van der Waals surface area (Å²) in [6.07, 6.45) is 2.86. The summed E-state index contributed by atoms with van der Waals surface area (Å²) in [7, 11) is 0. The van der Waals surface area contributed by atoms with Gasteiger partial charge < -0.3 is 14.2 Å². The minimum atomic E-state index is -0.0928. The van der Waals surface area contributed by atoms with Gasteiger partial charge in [-0.3, -0.25) is 0 Å². The van der Waals surface area contributed by atoms with E-state index in [0.717, 1.165) is 11.5 Å².